The van der Waals surface area contributed by atoms with Gasteiger partial charge in [-0.05, 0) is 43.4 Å². The Morgan fingerprint density at radius 2 is 2.20 bits per heavy atom. The van der Waals surface area contributed by atoms with Crippen LogP contribution in [0, 0.1) is 5.92 Å². The highest BCUT2D eigenvalue weighted by Gasteiger charge is 2.28. The molecule has 20 heavy (non-hydrogen) atoms. The van der Waals surface area contributed by atoms with Crippen molar-refractivity contribution in [2.24, 2.45) is 11.7 Å². The first-order chi connectivity index (χ1) is 9.72. The summed E-state index contributed by atoms with van der Waals surface area (Å²) >= 11 is 0. The van der Waals surface area contributed by atoms with Crippen molar-refractivity contribution in [1.29, 1.82) is 0 Å². The van der Waals surface area contributed by atoms with Gasteiger partial charge in [0.2, 0.25) is 0 Å². The molecule has 0 saturated carbocycles. The Bertz CT molecular complexity index is 587. The molecule has 0 aliphatic carbocycles. The summed E-state index contributed by atoms with van der Waals surface area (Å²) in [6, 6.07) is 7.27. The van der Waals surface area contributed by atoms with Gasteiger partial charge in [-0.3, -0.25) is 4.90 Å². The van der Waals surface area contributed by atoms with Crippen LogP contribution in [0.1, 0.15) is 31.4 Å². The monoisotopic (exact) mass is 271 g/mol. The normalized spacial score (nSPS) is 23.8. The van der Waals surface area contributed by atoms with E-state index in [9.17, 15) is 0 Å². The predicted molar refractivity (Wildman–Crippen MR) is 84.7 cm³/mol. The molecule has 1 aliphatic heterocycles. The summed E-state index contributed by atoms with van der Waals surface area (Å²) in [5.41, 5.74) is 9.96. The molecule has 3 rings (SSSR count). The molecule has 0 radical (unpaired) electrons. The lowest BCUT2D eigenvalue weighted by molar-refractivity contribution is 0.257. The molecule has 2 aromatic rings. The standard InChI is InChI=1S/C17H25N3/c1-3-14-5-4-6-16-15(9-19-17(14)16)11-20-10-13(8-18)7-12(20)2/h4-6,9,12-13,19H,3,7-8,10-11,18H2,1-2H3. The Balaban J connectivity index is 1.85. The molecule has 1 aromatic carbocycles. The van der Waals surface area contributed by atoms with Crippen LogP contribution in [-0.2, 0) is 13.0 Å². The van der Waals surface area contributed by atoms with Gasteiger partial charge in [-0.1, -0.05) is 25.1 Å². The number of aryl methyl sites for hydroxylation is 1. The molecule has 2 heterocycles. The highest BCUT2D eigenvalue weighted by molar-refractivity contribution is 5.86. The molecule has 3 heteroatoms. The van der Waals surface area contributed by atoms with E-state index in [-0.39, 0.29) is 0 Å². The van der Waals surface area contributed by atoms with Gasteiger partial charge in [0, 0.05) is 36.2 Å². The smallest absolute Gasteiger partial charge is 0.0489 e. The fourth-order valence-corrected chi connectivity index (χ4v) is 3.53. The number of aromatic amines is 1. The van der Waals surface area contributed by atoms with Crippen molar-refractivity contribution in [3.05, 3.63) is 35.5 Å². The minimum absolute atomic E-state index is 0.642. The maximum atomic E-state index is 5.83. The number of rotatable bonds is 4. The number of nitrogens with two attached hydrogens (primary N) is 1. The molecular formula is C17H25N3. The number of hydrogen-bond donors (Lipinski definition) is 2. The van der Waals surface area contributed by atoms with Crippen molar-refractivity contribution in [1.82, 2.24) is 9.88 Å². The van der Waals surface area contributed by atoms with Crippen LogP contribution in [0.15, 0.2) is 24.4 Å². The second-order valence-corrected chi connectivity index (χ2v) is 6.12. The molecule has 3 N–H and O–H groups in total. The van der Waals surface area contributed by atoms with Gasteiger partial charge >= 0.3 is 0 Å². The minimum atomic E-state index is 0.642. The maximum absolute atomic E-state index is 5.83. The highest BCUT2D eigenvalue weighted by atomic mass is 15.2. The Morgan fingerprint density at radius 1 is 1.35 bits per heavy atom. The number of benzene rings is 1. The van der Waals surface area contributed by atoms with Crippen LogP contribution in [-0.4, -0.2) is 29.0 Å². The summed E-state index contributed by atoms with van der Waals surface area (Å²) in [7, 11) is 0. The Kier molecular flexibility index (Phi) is 3.81. The molecule has 2 unspecified atom stereocenters. The zero-order valence-electron chi connectivity index (χ0n) is 12.5. The highest BCUT2D eigenvalue weighted by Crippen LogP contribution is 2.28. The number of nitrogens with one attached hydrogen (secondary N) is 1. The molecule has 1 fully saturated rings. The van der Waals surface area contributed by atoms with Crippen molar-refractivity contribution >= 4 is 10.9 Å². The molecule has 0 bridgehead atoms. The van der Waals surface area contributed by atoms with Gasteiger partial charge < -0.3 is 10.7 Å². The number of aromatic nitrogens is 1. The summed E-state index contributed by atoms with van der Waals surface area (Å²) in [5, 5.41) is 1.38. The third-order valence-electron chi connectivity index (χ3n) is 4.77. The van der Waals surface area contributed by atoms with Gasteiger partial charge in [0.1, 0.15) is 0 Å². The number of likely N-dealkylation sites (tertiary alicyclic amines) is 1. The Hall–Kier alpha value is -1.32. The topological polar surface area (TPSA) is 45.0 Å². The van der Waals surface area contributed by atoms with Crippen LogP contribution >= 0.6 is 0 Å². The van der Waals surface area contributed by atoms with Crippen LogP contribution in [0.3, 0.4) is 0 Å². The zero-order valence-corrected chi connectivity index (χ0v) is 12.5. The molecule has 108 valence electrons. The van der Waals surface area contributed by atoms with Crippen molar-refractivity contribution in [3.63, 3.8) is 0 Å². The van der Waals surface area contributed by atoms with E-state index >= 15 is 0 Å². The van der Waals surface area contributed by atoms with Crippen LogP contribution in [0.4, 0.5) is 0 Å². The quantitative estimate of drug-likeness (QED) is 0.898. The van der Waals surface area contributed by atoms with Crippen LogP contribution in [0.2, 0.25) is 0 Å². The van der Waals surface area contributed by atoms with Gasteiger partial charge in [-0.15, -0.1) is 0 Å². The fourth-order valence-electron chi connectivity index (χ4n) is 3.53. The third kappa shape index (κ3) is 2.36. The van der Waals surface area contributed by atoms with Crippen molar-refractivity contribution in [2.75, 3.05) is 13.1 Å². The van der Waals surface area contributed by atoms with E-state index < -0.39 is 0 Å². The van der Waals surface area contributed by atoms with Crippen LogP contribution in [0.25, 0.3) is 10.9 Å². The average molecular weight is 271 g/mol. The minimum Gasteiger partial charge on any atom is -0.361 e. The van der Waals surface area contributed by atoms with E-state index in [1.165, 1.54) is 28.5 Å². The van der Waals surface area contributed by atoms with E-state index in [1.807, 2.05) is 0 Å². The number of para-hydroxylation sites is 1. The van der Waals surface area contributed by atoms with E-state index in [4.69, 9.17) is 5.73 Å². The van der Waals surface area contributed by atoms with Gasteiger partial charge in [0.05, 0.1) is 0 Å². The predicted octanol–water partition coefficient (Wildman–Crippen LogP) is 2.90. The van der Waals surface area contributed by atoms with Gasteiger partial charge in [-0.25, -0.2) is 0 Å². The molecule has 1 aliphatic rings. The third-order valence-corrected chi connectivity index (χ3v) is 4.77. The summed E-state index contributed by atoms with van der Waals surface area (Å²) in [6.07, 6.45) is 4.50. The SMILES string of the molecule is CCc1cccc2c(CN3CC(CN)CC3C)c[nH]c12. The molecule has 2 atom stereocenters. The lowest BCUT2D eigenvalue weighted by Gasteiger charge is -2.20. The largest absolute Gasteiger partial charge is 0.361 e. The van der Waals surface area contributed by atoms with Crippen molar-refractivity contribution < 1.29 is 0 Å². The van der Waals surface area contributed by atoms with Crippen molar-refractivity contribution in [3.8, 4) is 0 Å². The van der Waals surface area contributed by atoms with E-state index in [1.54, 1.807) is 0 Å². The number of hydrogen-bond acceptors (Lipinski definition) is 2. The van der Waals surface area contributed by atoms with E-state index in [0.29, 0.717) is 12.0 Å². The second-order valence-electron chi connectivity index (χ2n) is 6.12. The van der Waals surface area contributed by atoms with E-state index in [0.717, 1.165) is 26.1 Å². The number of H-pyrrole nitrogens is 1. The number of nitrogens with zero attached hydrogens (tertiary/aromatic N) is 1. The molecule has 1 aromatic heterocycles. The molecule has 0 spiro atoms. The van der Waals surface area contributed by atoms with Crippen molar-refractivity contribution in [2.45, 2.75) is 39.3 Å². The second kappa shape index (κ2) is 5.58. The van der Waals surface area contributed by atoms with Crippen LogP contribution < -0.4 is 5.73 Å². The molecular weight excluding hydrogens is 246 g/mol. The average Bonchev–Trinajstić information content (AvgIpc) is 3.03. The zero-order chi connectivity index (χ0) is 14.1. The molecule has 0 amide bonds. The molecule has 1 saturated heterocycles. The first-order valence-electron chi connectivity index (χ1n) is 7.74. The first-order valence-corrected chi connectivity index (χ1v) is 7.74. The first kappa shape index (κ1) is 13.7. The van der Waals surface area contributed by atoms with Gasteiger partial charge in [0.25, 0.3) is 0 Å². The summed E-state index contributed by atoms with van der Waals surface area (Å²) < 4.78 is 0. The maximum Gasteiger partial charge on any atom is 0.0489 e. The summed E-state index contributed by atoms with van der Waals surface area (Å²) in [5.74, 6) is 0.668. The van der Waals surface area contributed by atoms with Gasteiger partial charge in [-0.2, -0.15) is 0 Å². The molecule has 3 nitrogen and oxygen atoms in total. The Morgan fingerprint density at radius 3 is 2.90 bits per heavy atom. The summed E-state index contributed by atoms with van der Waals surface area (Å²) in [4.78, 5) is 6.04. The lowest BCUT2D eigenvalue weighted by atomic mass is 10.1. The van der Waals surface area contributed by atoms with E-state index in [2.05, 4.69) is 48.1 Å². The fraction of sp³-hybridized carbons (Fsp3) is 0.529. The summed E-state index contributed by atoms with van der Waals surface area (Å²) in [6.45, 7) is 7.52. The Labute approximate surface area is 121 Å². The van der Waals surface area contributed by atoms with Crippen LogP contribution in [0.5, 0.6) is 0 Å². The number of fused-ring (bicyclic) bond motifs is 1. The van der Waals surface area contributed by atoms with Gasteiger partial charge in [0.15, 0.2) is 0 Å². The lowest BCUT2D eigenvalue weighted by Crippen LogP contribution is -2.27.